The van der Waals surface area contributed by atoms with Crippen LogP contribution in [-0.4, -0.2) is 20.9 Å². The van der Waals surface area contributed by atoms with Crippen LogP contribution in [0.1, 0.15) is 10.4 Å². The van der Waals surface area contributed by atoms with Crippen molar-refractivity contribution in [2.75, 3.05) is 11.1 Å². The van der Waals surface area contributed by atoms with Gasteiger partial charge in [0.2, 0.25) is 0 Å². The largest absolute Gasteiger partial charge is 0.397 e. The SMILES string of the molecule is Nc1cnc(Cl)cc1C(=O)Nc1c(Cl)ncnc1Cl. The van der Waals surface area contributed by atoms with Crippen molar-refractivity contribution in [2.24, 2.45) is 0 Å². The van der Waals surface area contributed by atoms with Gasteiger partial charge in [0, 0.05) is 0 Å². The summed E-state index contributed by atoms with van der Waals surface area (Å²) in [7, 11) is 0. The number of carbonyl (C=O) groups excluding carboxylic acids is 1. The predicted molar refractivity (Wildman–Crippen MR) is 73.7 cm³/mol. The van der Waals surface area contributed by atoms with Gasteiger partial charge in [0.1, 0.15) is 17.2 Å². The van der Waals surface area contributed by atoms with E-state index in [-0.39, 0.29) is 32.4 Å². The zero-order valence-electron chi connectivity index (χ0n) is 9.19. The minimum atomic E-state index is -0.541. The van der Waals surface area contributed by atoms with Crippen LogP contribution in [-0.2, 0) is 0 Å². The Kier molecular flexibility index (Phi) is 4.04. The van der Waals surface area contributed by atoms with Crippen LogP contribution in [0.2, 0.25) is 15.5 Å². The minimum Gasteiger partial charge on any atom is -0.397 e. The molecule has 98 valence electrons. The normalized spacial score (nSPS) is 10.3. The Labute approximate surface area is 122 Å². The number of nitrogen functional groups attached to an aromatic ring is 1. The lowest BCUT2D eigenvalue weighted by molar-refractivity contribution is 0.102. The average molecular weight is 319 g/mol. The quantitative estimate of drug-likeness (QED) is 0.656. The lowest BCUT2D eigenvalue weighted by atomic mass is 10.2. The number of nitrogens with one attached hydrogen (secondary N) is 1. The van der Waals surface area contributed by atoms with E-state index in [0.29, 0.717) is 0 Å². The molecule has 0 saturated heterocycles. The van der Waals surface area contributed by atoms with E-state index < -0.39 is 5.91 Å². The Morgan fingerprint density at radius 1 is 1.16 bits per heavy atom. The van der Waals surface area contributed by atoms with Gasteiger partial charge in [-0.15, -0.1) is 0 Å². The van der Waals surface area contributed by atoms with Crippen LogP contribution < -0.4 is 11.1 Å². The second kappa shape index (κ2) is 5.56. The maximum absolute atomic E-state index is 12.0. The molecular formula is C10H6Cl3N5O. The summed E-state index contributed by atoms with van der Waals surface area (Å²) in [6.07, 6.45) is 2.46. The van der Waals surface area contributed by atoms with Crippen LogP contribution >= 0.6 is 34.8 Å². The smallest absolute Gasteiger partial charge is 0.258 e. The van der Waals surface area contributed by atoms with Crippen molar-refractivity contribution in [1.82, 2.24) is 15.0 Å². The highest BCUT2D eigenvalue weighted by molar-refractivity contribution is 6.38. The number of hydrogen-bond acceptors (Lipinski definition) is 5. The number of nitrogens with zero attached hydrogens (tertiary/aromatic N) is 3. The monoisotopic (exact) mass is 317 g/mol. The fourth-order valence-corrected chi connectivity index (χ4v) is 1.83. The number of rotatable bonds is 2. The first-order chi connectivity index (χ1) is 8.99. The Morgan fingerprint density at radius 2 is 1.79 bits per heavy atom. The van der Waals surface area contributed by atoms with Crippen molar-refractivity contribution < 1.29 is 4.79 Å². The molecule has 0 atom stereocenters. The second-order valence-corrected chi connectivity index (χ2v) is 4.48. The summed E-state index contributed by atoms with van der Waals surface area (Å²) in [6.45, 7) is 0. The number of amides is 1. The van der Waals surface area contributed by atoms with E-state index in [1.54, 1.807) is 0 Å². The fraction of sp³-hybridized carbons (Fsp3) is 0. The molecule has 0 aliphatic heterocycles. The highest BCUT2D eigenvalue weighted by Crippen LogP contribution is 2.27. The summed E-state index contributed by atoms with van der Waals surface area (Å²) in [5.41, 5.74) is 6.06. The molecule has 2 rings (SSSR count). The van der Waals surface area contributed by atoms with Crippen LogP contribution in [0.3, 0.4) is 0 Å². The number of hydrogen-bond donors (Lipinski definition) is 2. The number of carbonyl (C=O) groups is 1. The third-order valence-electron chi connectivity index (χ3n) is 2.14. The molecule has 0 radical (unpaired) electrons. The molecule has 3 N–H and O–H groups in total. The first-order valence-corrected chi connectivity index (χ1v) is 6.01. The Bertz CT molecular complexity index is 629. The molecule has 2 heterocycles. The molecule has 0 unspecified atom stereocenters. The van der Waals surface area contributed by atoms with Crippen LogP contribution in [0.25, 0.3) is 0 Å². The van der Waals surface area contributed by atoms with E-state index in [1.807, 2.05) is 0 Å². The van der Waals surface area contributed by atoms with Crippen LogP contribution in [0, 0.1) is 0 Å². The van der Waals surface area contributed by atoms with Crippen molar-refractivity contribution in [3.8, 4) is 0 Å². The van der Waals surface area contributed by atoms with Crippen molar-refractivity contribution in [2.45, 2.75) is 0 Å². The van der Waals surface area contributed by atoms with E-state index in [9.17, 15) is 4.79 Å². The number of nitrogens with two attached hydrogens (primary N) is 1. The van der Waals surface area contributed by atoms with E-state index in [4.69, 9.17) is 40.5 Å². The molecule has 0 fully saturated rings. The van der Waals surface area contributed by atoms with Gasteiger partial charge in [-0.3, -0.25) is 4.79 Å². The molecule has 1 amide bonds. The molecule has 0 aliphatic rings. The number of aromatic nitrogens is 3. The highest BCUT2D eigenvalue weighted by atomic mass is 35.5. The van der Waals surface area contributed by atoms with Crippen LogP contribution in [0.15, 0.2) is 18.6 Å². The van der Waals surface area contributed by atoms with E-state index >= 15 is 0 Å². The van der Waals surface area contributed by atoms with Crippen molar-refractivity contribution in [3.05, 3.63) is 39.6 Å². The highest BCUT2D eigenvalue weighted by Gasteiger charge is 2.16. The zero-order valence-corrected chi connectivity index (χ0v) is 11.5. The van der Waals surface area contributed by atoms with Gasteiger partial charge in [0.05, 0.1) is 17.4 Å². The lowest BCUT2D eigenvalue weighted by Crippen LogP contribution is -2.15. The molecule has 19 heavy (non-hydrogen) atoms. The number of halogens is 3. The van der Waals surface area contributed by atoms with Gasteiger partial charge < -0.3 is 11.1 Å². The van der Waals surface area contributed by atoms with Gasteiger partial charge in [-0.25, -0.2) is 15.0 Å². The Hall–Kier alpha value is -1.63. The van der Waals surface area contributed by atoms with Gasteiger partial charge in [-0.2, -0.15) is 0 Å². The van der Waals surface area contributed by atoms with E-state index in [1.165, 1.54) is 18.6 Å². The molecule has 6 nitrogen and oxygen atoms in total. The average Bonchev–Trinajstić information content (AvgIpc) is 2.37. The third-order valence-corrected chi connectivity index (χ3v) is 2.92. The first kappa shape index (κ1) is 13.8. The van der Waals surface area contributed by atoms with Gasteiger partial charge in [-0.05, 0) is 6.07 Å². The molecule has 2 aromatic heterocycles. The minimum absolute atomic E-state index is 0.0204. The van der Waals surface area contributed by atoms with Crippen LogP contribution in [0.5, 0.6) is 0 Å². The van der Waals surface area contributed by atoms with Crippen molar-refractivity contribution >= 4 is 52.1 Å². The summed E-state index contributed by atoms with van der Waals surface area (Å²) in [6, 6.07) is 1.33. The Morgan fingerprint density at radius 3 is 2.42 bits per heavy atom. The summed E-state index contributed by atoms with van der Waals surface area (Å²) in [5.74, 6) is -0.541. The van der Waals surface area contributed by atoms with Gasteiger partial charge >= 0.3 is 0 Å². The number of pyridine rings is 1. The van der Waals surface area contributed by atoms with Crippen molar-refractivity contribution in [3.63, 3.8) is 0 Å². The van der Waals surface area contributed by atoms with E-state index in [2.05, 4.69) is 20.3 Å². The summed E-state index contributed by atoms with van der Waals surface area (Å²) in [5, 5.41) is 2.65. The van der Waals surface area contributed by atoms with Gasteiger partial charge in [-0.1, -0.05) is 34.8 Å². The molecule has 0 bridgehead atoms. The third kappa shape index (κ3) is 3.04. The second-order valence-electron chi connectivity index (χ2n) is 3.38. The summed E-state index contributed by atoms with van der Waals surface area (Å²) in [4.78, 5) is 23.2. The zero-order chi connectivity index (χ0) is 14.0. The molecule has 0 spiro atoms. The molecule has 0 aliphatic carbocycles. The lowest BCUT2D eigenvalue weighted by Gasteiger charge is -2.09. The summed E-state index contributed by atoms with van der Waals surface area (Å²) < 4.78 is 0. The Balaban J connectivity index is 2.34. The molecule has 9 heteroatoms. The predicted octanol–water partition coefficient (Wildman–Crippen LogP) is 2.67. The molecule has 0 saturated carbocycles. The molecule has 0 aromatic carbocycles. The fourth-order valence-electron chi connectivity index (χ4n) is 1.27. The van der Waals surface area contributed by atoms with Crippen LogP contribution in [0.4, 0.5) is 11.4 Å². The maximum Gasteiger partial charge on any atom is 0.258 e. The first-order valence-electron chi connectivity index (χ1n) is 4.87. The standard InChI is InChI=1S/C10H6Cl3N5O/c11-6-1-4(5(14)2-15-6)10(19)18-7-8(12)16-3-17-9(7)13/h1-3H,14H2,(H,18,19). The van der Waals surface area contributed by atoms with Gasteiger partial charge in [0.25, 0.3) is 5.91 Å². The number of anilines is 2. The molecular weight excluding hydrogens is 313 g/mol. The van der Waals surface area contributed by atoms with Gasteiger partial charge in [0.15, 0.2) is 10.3 Å². The topological polar surface area (TPSA) is 93.8 Å². The summed E-state index contributed by atoms with van der Waals surface area (Å²) >= 11 is 17.3. The molecule has 2 aromatic rings. The van der Waals surface area contributed by atoms with Crippen molar-refractivity contribution in [1.29, 1.82) is 0 Å². The maximum atomic E-state index is 12.0. The van der Waals surface area contributed by atoms with E-state index in [0.717, 1.165) is 0 Å².